The number of amides is 2. The van der Waals surface area contributed by atoms with E-state index in [0.29, 0.717) is 45.4 Å². The predicted octanol–water partition coefficient (Wildman–Crippen LogP) is 5.08. The van der Waals surface area contributed by atoms with Crippen molar-refractivity contribution in [1.82, 2.24) is 4.90 Å². The highest BCUT2D eigenvalue weighted by Gasteiger charge is 2.59. The van der Waals surface area contributed by atoms with Crippen LogP contribution in [-0.2, 0) is 16.2 Å². The molecule has 2 amide bonds. The largest absolute Gasteiger partial charge is 0.497 e. The molecule has 1 saturated heterocycles. The summed E-state index contributed by atoms with van der Waals surface area (Å²) in [5, 5.41) is 0.447. The molecule has 3 aromatic rings. The van der Waals surface area contributed by atoms with Gasteiger partial charge in [-0.25, -0.2) is 4.39 Å². The van der Waals surface area contributed by atoms with Gasteiger partial charge in [-0.1, -0.05) is 35.9 Å². The van der Waals surface area contributed by atoms with E-state index in [1.165, 1.54) is 17.8 Å². The Morgan fingerprint density at radius 3 is 2.73 bits per heavy atom. The molecule has 5 rings (SSSR count). The first kappa shape index (κ1) is 21.8. The molecule has 0 N–H and O–H groups in total. The quantitative estimate of drug-likeness (QED) is 0.520. The van der Waals surface area contributed by atoms with Gasteiger partial charge in [-0.05, 0) is 42.5 Å². The fraction of sp³-hybridized carbons (Fsp3) is 0.200. The van der Waals surface area contributed by atoms with Gasteiger partial charge in [0.05, 0.1) is 19.3 Å². The van der Waals surface area contributed by atoms with Gasteiger partial charge >= 0.3 is 0 Å². The highest BCUT2D eigenvalue weighted by Crippen LogP contribution is 2.55. The summed E-state index contributed by atoms with van der Waals surface area (Å²) in [7, 11) is 1.55. The normalized spacial score (nSPS) is 19.3. The van der Waals surface area contributed by atoms with Crippen LogP contribution in [0, 0.1) is 5.82 Å². The standard InChI is InChI=1S/C25H20ClFN2O3S/c1-32-19-9-10-22-20(14-19)25(24(31)28(22)15-17-5-2-3-8-21(17)27)29(11-12-33-25)23(30)16-6-4-7-18(26)13-16/h2-10,13-14H,11-12,15H2,1H3/t25-/m1/s1. The number of nitrogens with zero attached hydrogens (tertiary/aromatic N) is 2. The lowest BCUT2D eigenvalue weighted by molar-refractivity contribution is -0.123. The number of methoxy groups -OCH3 is 1. The molecule has 0 bridgehead atoms. The molecular weight excluding hydrogens is 463 g/mol. The molecule has 2 aliphatic heterocycles. The van der Waals surface area contributed by atoms with Crippen LogP contribution in [0.25, 0.3) is 0 Å². The van der Waals surface area contributed by atoms with Gasteiger partial charge in [-0.2, -0.15) is 0 Å². The van der Waals surface area contributed by atoms with Gasteiger partial charge in [0, 0.05) is 34.0 Å². The maximum Gasteiger partial charge on any atom is 0.268 e. The molecular formula is C25H20ClFN2O3S. The van der Waals surface area contributed by atoms with E-state index >= 15 is 0 Å². The number of thioether (sulfide) groups is 1. The van der Waals surface area contributed by atoms with Crippen LogP contribution < -0.4 is 9.64 Å². The Hall–Kier alpha value is -3.03. The van der Waals surface area contributed by atoms with Crippen molar-refractivity contribution in [3.63, 3.8) is 0 Å². The first-order valence-corrected chi connectivity index (χ1v) is 11.8. The first-order valence-electron chi connectivity index (χ1n) is 10.4. The lowest BCUT2D eigenvalue weighted by atomic mass is 10.0. The minimum Gasteiger partial charge on any atom is -0.497 e. The van der Waals surface area contributed by atoms with Crippen LogP contribution >= 0.6 is 23.4 Å². The lowest BCUT2D eigenvalue weighted by Crippen LogP contribution is -2.50. The zero-order valence-electron chi connectivity index (χ0n) is 17.8. The Balaban J connectivity index is 1.63. The molecule has 2 heterocycles. The van der Waals surface area contributed by atoms with Crippen LogP contribution in [0.15, 0.2) is 66.7 Å². The maximum absolute atomic E-state index is 14.5. The fourth-order valence-electron chi connectivity index (χ4n) is 4.45. The number of hydrogen-bond donors (Lipinski definition) is 0. The number of rotatable bonds is 4. The topological polar surface area (TPSA) is 49.9 Å². The molecule has 1 fully saturated rings. The molecule has 168 valence electrons. The summed E-state index contributed by atoms with van der Waals surface area (Å²) in [4.78, 5) is 29.5. The third-order valence-electron chi connectivity index (χ3n) is 6.00. The number of benzene rings is 3. The Bertz CT molecular complexity index is 1270. The van der Waals surface area contributed by atoms with Crippen molar-refractivity contribution in [2.75, 3.05) is 24.3 Å². The van der Waals surface area contributed by atoms with Gasteiger partial charge in [0.15, 0.2) is 4.87 Å². The van der Waals surface area contributed by atoms with Crippen LogP contribution in [0.1, 0.15) is 21.5 Å². The molecule has 2 aliphatic rings. The van der Waals surface area contributed by atoms with Gasteiger partial charge in [-0.3, -0.25) is 9.59 Å². The summed E-state index contributed by atoms with van der Waals surface area (Å²) in [5.74, 6) is 0.232. The Kier molecular flexibility index (Phi) is 5.54. The molecule has 3 aromatic carbocycles. The minimum atomic E-state index is -1.26. The molecule has 33 heavy (non-hydrogen) atoms. The van der Waals surface area contributed by atoms with E-state index in [1.54, 1.807) is 77.6 Å². The van der Waals surface area contributed by atoms with Crippen LogP contribution in [0.2, 0.25) is 5.02 Å². The second-order valence-corrected chi connectivity index (χ2v) is 9.55. The van der Waals surface area contributed by atoms with Crippen LogP contribution in [0.5, 0.6) is 5.75 Å². The third kappa shape index (κ3) is 3.47. The second-order valence-electron chi connectivity index (χ2n) is 7.83. The molecule has 1 spiro atoms. The van der Waals surface area contributed by atoms with Crippen LogP contribution in [-0.4, -0.2) is 36.1 Å². The van der Waals surface area contributed by atoms with E-state index in [4.69, 9.17) is 16.3 Å². The van der Waals surface area contributed by atoms with Gasteiger partial charge in [-0.15, -0.1) is 11.8 Å². The van der Waals surface area contributed by atoms with Crippen molar-refractivity contribution in [2.24, 2.45) is 0 Å². The molecule has 0 saturated carbocycles. The zero-order chi connectivity index (χ0) is 23.2. The predicted molar refractivity (Wildman–Crippen MR) is 127 cm³/mol. The summed E-state index contributed by atoms with van der Waals surface area (Å²) in [6.07, 6.45) is 0. The number of halogens is 2. The smallest absolute Gasteiger partial charge is 0.268 e. The maximum atomic E-state index is 14.5. The fourth-order valence-corrected chi connectivity index (χ4v) is 6.09. The summed E-state index contributed by atoms with van der Waals surface area (Å²) in [5.41, 5.74) is 2.12. The SMILES string of the molecule is COc1ccc2c(c1)[C@@]1(SCCN1C(=O)c1cccc(Cl)c1)C(=O)N2Cc1ccccc1F. The average molecular weight is 483 g/mol. The van der Waals surface area contributed by atoms with Gasteiger partial charge in [0.2, 0.25) is 0 Å². The van der Waals surface area contributed by atoms with Crippen molar-refractivity contribution in [3.05, 3.63) is 94.3 Å². The average Bonchev–Trinajstić information content (AvgIpc) is 3.36. The van der Waals surface area contributed by atoms with Crippen molar-refractivity contribution in [2.45, 2.75) is 11.4 Å². The molecule has 0 aliphatic carbocycles. The lowest BCUT2D eigenvalue weighted by Gasteiger charge is -2.33. The van der Waals surface area contributed by atoms with Crippen molar-refractivity contribution < 1.29 is 18.7 Å². The molecule has 1 atom stereocenters. The van der Waals surface area contributed by atoms with Gasteiger partial charge in [0.1, 0.15) is 11.6 Å². The second kappa shape index (κ2) is 8.39. The van der Waals surface area contributed by atoms with E-state index in [-0.39, 0.29) is 24.2 Å². The van der Waals surface area contributed by atoms with Crippen LogP contribution in [0.3, 0.4) is 0 Å². The number of hydrogen-bond acceptors (Lipinski definition) is 4. The van der Waals surface area contributed by atoms with E-state index in [0.717, 1.165) is 0 Å². The van der Waals surface area contributed by atoms with E-state index < -0.39 is 4.87 Å². The minimum absolute atomic E-state index is 0.0618. The Morgan fingerprint density at radius 1 is 1.15 bits per heavy atom. The van der Waals surface area contributed by atoms with Gasteiger partial charge in [0.25, 0.3) is 11.8 Å². The van der Waals surface area contributed by atoms with E-state index in [2.05, 4.69) is 0 Å². The van der Waals surface area contributed by atoms with Crippen molar-refractivity contribution in [1.29, 1.82) is 0 Å². The number of carbonyl (C=O) groups excluding carboxylic acids is 2. The first-order chi connectivity index (χ1) is 16.0. The van der Waals surface area contributed by atoms with E-state index in [9.17, 15) is 14.0 Å². The number of ether oxygens (including phenoxy) is 1. The molecule has 0 unspecified atom stereocenters. The summed E-state index contributed by atoms with van der Waals surface area (Å²) < 4.78 is 19.9. The molecule has 8 heteroatoms. The number of carbonyl (C=O) groups is 2. The summed E-state index contributed by atoms with van der Waals surface area (Å²) in [6, 6.07) is 18.4. The van der Waals surface area contributed by atoms with Crippen molar-refractivity contribution >= 4 is 40.9 Å². The monoisotopic (exact) mass is 482 g/mol. The highest BCUT2D eigenvalue weighted by atomic mass is 35.5. The molecule has 0 radical (unpaired) electrons. The zero-order valence-corrected chi connectivity index (χ0v) is 19.3. The summed E-state index contributed by atoms with van der Waals surface area (Å²) >= 11 is 7.53. The van der Waals surface area contributed by atoms with Crippen molar-refractivity contribution in [3.8, 4) is 5.75 Å². The molecule has 0 aromatic heterocycles. The Morgan fingerprint density at radius 2 is 1.97 bits per heavy atom. The third-order valence-corrected chi connectivity index (χ3v) is 7.66. The number of fused-ring (bicyclic) bond motifs is 2. The van der Waals surface area contributed by atoms with Gasteiger partial charge < -0.3 is 14.5 Å². The molecule has 5 nitrogen and oxygen atoms in total. The Labute approximate surface area is 200 Å². The summed E-state index contributed by atoms with van der Waals surface area (Å²) in [6.45, 7) is 0.457. The van der Waals surface area contributed by atoms with Crippen LogP contribution in [0.4, 0.5) is 10.1 Å². The highest BCUT2D eigenvalue weighted by molar-refractivity contribution is 8.01. The van der Waals surface area contributed by atoms with E-state index in [1.807, 2.05) is 0 Å². The number of anilines is 1.